The topological polar surface area (TPSA) is 17.3 Å². The van der Waals surface area contributed by atoms with Crippen molar-refractivity contribution < 1.29 is 0 Å². The molecule has 0 bridgehead atoms. The van der Waals surface area contributed by atoms with Gasteiger partial charge in [0.25, 0.3) is 0 Å². The lowest BCUT2D eigenvalue weighted by molar-refractivity contribution is 0.839. The van der Waals surface area contributed by atoms with E-state index < -0.39 is 0 Å². The van der Waals surface area contributed by atoms with E-state index >= 15 is 0 Å². The Morgan fingerprint density at radius 2 is 1.47 bits per heavy atom. The standard InChI is InChI=1S/C15H22N2/c1-8(2)14-10(4)9(3)12(6)17-13(7)11(5)16-15(14)17/h8H,1-7H3. The van der Waals surface area contributed by atoms with Crippen LogP contribution in [0, 0.1) is 34.6 Å². The summed E-state index contributed by atoms with van der Waals surface area (Å²) in [5.41, 5.74) is 9.05. The first-order chi connectivity index (χ1) is 7.86. The zero-order chi connectivity index (χ0) is 12.9. The first kappa shape index (κ1) is 12.2. The molecule has 2 aromatic heterocycles. The van der Waals surface area contributed by atoms with Gasteiger partial charge in [-0.15, -0.1) is 0 Å². The average Bonchev–Trinajstić information content (AvgIpc) is 2.52. The first-order valence-electron chi connectivity index (χ1n) is 6.31. The molecule has 2 heteroatoms. The van der Waals surface area contributed by atoms with Gasteiger partial charge in [0, 0.05) is 17.0 Å². The molecule has 0 N–H and O–H groups in total. The van der Waals surface area contributed by atoms with Gasteiger partial charge in [-0.25, -0.2) is 4.98 Å². The molecule has 0 aliphatic rings. The minimum absolute atomic E-state index is 0.512. The number of hydrogen-bond donors (Lipinski definition) is 0. The van der Waals surface area contributed by atoms with Crippen LogP contribution in [-0.2, 0) is 0 Å². The van der Waals surface area contributed by atoms with Gasteiger partial charge < -0.3 is 4.40 Å². The highest BCUT2D eigenvalue weighted by Crippen LogP contribution is 2.30. The maximum Gasteiger partial charge on any atom is 0.141 e. The van der Waals surface area contributed by atoms with E-state index in [2.05, 4.69) is 52.9 Å². The van der Waals surface area contributed by atoms with Gasteiger partial charge in [0.1, 0.15) is 5.65 Å². The first-order valence-corrected chi connectivity index (χ1v) is 6.31. The molecule has 0 unspecified atom stereocenters. The van der Waals surface area contributed by atoms with Crippen LogP contribution in [0.25, 0.3) is 5.65 Å². The third-order valence-corrected chi connectivity index (χ3v) is 4.01. The third kappa shape index (κ3) is 1.58. The van der Waals surface area contributed by atoms with Crippen LogP contribution < -0.4 is 0 Å². The summed E-state index contributed by atoms with van der Waals surface area (Å²) in [6, 6.07) is 0. The Bertz CT molecular complexity index is 589. The van der Waals surface area contributed by atoms with Crippen molar-refractivity contribution in [2.45, 2.75) is 54.4 Å². The van der Waals surface area contributed by atoms with Crippen molar-refractivity contribution in [3.05, 3.63) is 33.8 Å². The van der Waals surface area contributed by atoms with Crippen molar-refractivity contribution in [3.63, 3.8) is 0 Å². The maximum absolute atomic E-state index is 4.76. The predicted molar refractivity (Wildman–Crippen MR) is 73.0 cm³/mol. The Kier molecular flexibility index (Phi) is 2.76. The van der Waals surface area contributed by atoms with E-state index in [0.717, 1.165) is 11.3 Å². The monoisotopic (exact) mass is 230 g/mol. The molecule has 2 nitrogen and oxygen atoms in total. The van der Waals surface area contributed by atoms with E-state index in [1.807, 2.05) is 0 Å². The highest BCUT2D eigenvalue weighted by atomic mass is 15.0. The molecule has 17 heavy (non-hydrogen) atoms. The van der Waals surface area contributed by atoms with Crippen molar-refractivity contribution in [1.82, 2.24) is 9.38 Å². The Labute approximate surface area is 104 Å². The van der Waals surface area contributed by atoms with Gasteiger partial charge in [-0.05, 0) is 51.7 Å². The van der Waals surface area contributed by atoms with Gasteiger partial charge in [-0.2, -0.15) is 0 Å². The average molecular weight is 230 g/mol. The van der Waals surface area contributed by atoms with Crippen LogP contribution in [-0.4, -0.2) is 9.38 Å². The van der Waals surface area contributed by atoms with E-state index in [1.54, 1.807) is 0 Å². The highest BCUT2D eigenvalue weighted by Gasteiger charge is 2.18. The van der Waals surface area contributed by atoms with Crippen LogP contribution in [0.3, 0.4) is 0 Å². The summed E-state index contributed by atoms with van der Waals surface area (Å²) in [6.45, 7) is 15.4. The number of nitrogens with zero attached hydrogens (tertiary/aromatic N) is 2. The Hall–Kier alpha value is -1.31. The number of hydrogen-bond acceptors (Lipinski definition) is 1. The number of rotatable bonds is 1. The molecule has 0 atom stereocenters. The fraction of sp³-hybridized carbons (Fsp3) is 0.533. The molecule has 0 radical (unpaired) electrons. The van der Waals surface area contributed by atoms with Crippen molar-refractivity contribution in [3.8, 4) is 0 Å². The normalized spacial score (nSPS) is 11.8. The lowest BCUT2D eigenvalue weighted by Gasteiger charge is -2.17. The fourth-order valence-electron chi connectivity index (χ4n) is 2.70. The Balaban J connectivity index is 3.04. The number of imidazole rings is 1. The van der Waals surface area contributed by atoms with Crippen LogP contribution in [0.4, 0.5) is 0 Å². The molecule has 0 aliphatic carbocycles. The van der Waals surface area contributed by atoms with Crippen molar-refractivity contribution in [2.75, 3.05) is 0 Å². The molecule has 92 valence electrons. The van der Waals surface area contributed by atoms with Crippen LogP contribution >= 0.6 is 0 Å². The van der Waals surface area contributed by atoms with E-state index in [9.17, 15) is 0 Å². The molecular formula is C15H22N2. The van der Waals surface area contributed by atoms with Gasteiger partial charge >= 0.3 is 0 Å². The largest absolute Gasteiger partial charge is 0.301 e. The lowest BCUT2D eigenvalue weighted by Crippen LogP contribution is -2.06. The molecule has 2 rings (SSSR count). The zero-order valence-corrected chi connectivity index (χ0v) is 12.0. The Morgan fingerprint density at radius 3 is 2.00 bits per heavy atom. The number of aryl methyl sites for hydroxylation is 3. The van der Waals surface area contributed by atoms with E-state index in [4.69, 9.17) is 4.98 Å². The third-order valence-electron chi connectivity index (χ3n) is 4.01. The Morgan fingerprint density at radius 1 is 0.882 bits per heavy atom. The zero-order valence-electron chi connectivity index (χ0n) is 12.0. The number of fused-ring (bicyclic) bond motifs is 1. The molecule has 0 aromatic carbocycles. The van der Waals surface area contributed by atoms with Crippen molar-refractivity contribution >= 4 is 5.65 Å². The summed E-state index contributed by atoms with van der Waals surface area (Å²) < 4.78 is 2.31. The summed E-state index contributed by atoms with van der Waals surface area (Å²) in [5.74, 6) is 0.512. The van der Waals surface area contributed by atoms with E-state index in [-0.39, 0.29) is 0 Å². The van der Waals surface area contributed by atoms with Crippen LogP contribution in [0.15, 0.2) is 0 Å². The van der Waals surface area contributed by atoms with Crippen LogP contribution in [0.5, 0.6) is 0 Å². The summed E-state index contributed by atoms with van der Waals surface area (Å²) in [4.78, 5) is 4.76. The highest BCUT2D eigenvalue weighted by molar-refractivity contribution is 5.59. The van der Waals surface area contributed by atoms with Crippen molar-refractivity contribution in [1.29, 1.82) is 0 Å². The minimum atomic E-state index is 0.512. The summed E-state index contributed by atoms with van der Waals surface area (Å²) in [5, 5.41) is 0. The van der Waals surface area contributed by atoms with Crippen molar-refractivity contribution in [2.24, 2.45) is 0 Å². The molecule has 0 spiro atoms. The number of aromatic nitrogens is 2. The molecule has 0 aliphatic heterocycles. The SMILES string of the molecule is Cc1nc2c(C(C)C)c(C)c(C)c(C)n2c1C. The van der Waals surface area contributed by atoms with Gasteiger partial charge in [-0.3, -0.25) is 0 Å². The lowest BCUT2D eigenvalue weighted by atomic mass is 9.95. The van der Waals surface area contributed by atoms with Gasteiger partial charge in [-0.1, -0.05) is 13.8 Å². The second kappa shape index (κ2) is 3.86. The summed E-state index contributed by atoms with van der Waals surface area (Å²) >= 11 is 0. The predicted octanol–water partition coefficient (Wildman–Crippen LogP) is 4.00. The van der Waals surface area contributed by atoms with Gasteiger partial charge in [0.2, 0.25) is 0 Å². The maximum atomic E-state index is 4.76. The fourth-order valence-corrected chi connectivity index (χ4v) is 2.70. The molecule has 0 saturated carbocycles. The molecule has 0 fully saturated rings. The number of pyridine rings is 1. The smallest absolute Gasteiger partial charge is 0.141 e. The molecule has 0 amide bonds. The van der Waals surface area contributed by atoms with Crippen LogP contribution in [0.1, 0.15) is 53.5 Å². The van der Waals surface area contributed by atoms with Gasteiger partial charge in [0.05, 0.1) is 5.69 Å². The second-order valence-electron chi connectivity index (χ2n) is 5.35. The van der Waals surface area contributed by atoms with E-state index in [1.165, 1.54) is 28.1 Å². The molecular weight excluding hydrogens is 208 g/mol. The van der Waals surface area contributed by atoms with E-state index in [0.29, 0.717) is 5.92 Å². The molecule has 2 aromatic rings. The summed E-state index contributed by atoms with van der Waals surface area (Å²) in [6.07, 6.45) is 0. The van der Waals surface area contributed by atoms with Gasteiger partial charge in [0.15, 0.2) is 0 Å². The minimum Gasteiger partial charge on any atom is -0.301 e. The quantitative estimate of drug-likeness (QED) is 0.723. The summed E-state index contributed by atoms with van der Waals surface area (Å²) in [7, 11) is 0. The second-order valence-corrected chi connectivity index (χ2v) is 5.35. The molecule has 0 saturated heterocycles. The van der Waals surface area contributed by atoms with Crippen LogP contribution in [0.2, 0.25) is 0 Å². The molecule has 2 heterocycles.